The van der Waals surface area contributed by atoms with E-state index >= 15 is 0 Å². The van der Waals surface area contributed by atoms with Crippen LogP contribution in [-0.4, -0.2) is 45.0 Å². The van der Waals surface area contributed by atoms with Gasteiger partial charge in [-0.3, -0.25) is 4.79 Å². The number of hydrogen-bond acceptors (Lipinski definition) is 4. The molecule has 0 fully saturated rings. The van der Waals surface area contributed by atoms with Crippen LogP contribution in [-0.2, 0) is 14.3 Å². The smallest absolute Gasteiger partial charge is 0.221 e. The van der Waals surface area contributed by atoms with Gasteiger partial charge in [-0.05, 0) is 20.3 Å². The molecule has 0 rings (SSSR count). The second kappa shape index (κ2) is 9.39. The molecule has 17 heavy (non-hydrogen) atoms. The molecule has 0 aromatic rings. The second-order valence-corrected chi connectivity index (χ2v) is 4.21. The van der Waals surface area contributed by atoms with Gasteiger partial charge in [-0.2, -0.15) is 0 Å². The lowest BCUT2D eigenvalue weighted by molar-refractivity contribution is -0.124. The predicted molar refractivity (Wildman–Crippen MR) is 67.8 cm³/mol. The quantitative estimate of drug-likeness (QED) is 0.593. The highest BCUT2D eigenvalue weighted by atomic mass is 16.7. The molecule has 1 amide bonds. The molecule has 5 nitrogen and oxygen atoms in total. The number of amides is 1. The number of nitrogens with one attached hydrogen (secondary N) is 2. The van der Waals surface area contributed by atoms with E-state index in [1.807, 2.05) is 20.8 Å². The van der Waals surface area contributed by atoms with Crippen molar-refractivity contribution in [2.24, 2.45) is 0 Å². The standard InChI is InChI=1S/C12H26N2O3/c1-6-9(2)14-11(15)7-8-13-10(3)12(16-4)17-5/h9-10,12-13H,6-8H2,1-5H3,(H,14,15). The molecular formula is C12H26N2O3. The van der Waals surface area contributed by atoms with Crippen LogP contribution in [0.15, 0.2) is 0 Å². The molecule has 2 N–H and O–H groups in total. The molecule has 0 saturated heterocycles. The van der Waals surface area contributed by atoms with Crippen LogP contribution in [0.3, 0.4) is 0 Å². The summed E-state index contributed by atoms with van der Waals surface area (Å²) in [4.78, 5) is 11.5. The van der Waals surface area contributed by atoms with Gasteiger partial charge in [0.25, 0.3) is 0 Å². The summed E-state index contributed by atoms with van der Waals surface area (Å²) in [7, 11) is 3.20. The molecule has 0 spiro atoms. The number of ether oxygens (including phenoxy) is 2. The maximum Gasteiger partial charge on any atom is 0.221 e. The Morgan fingerprint density at radius 2 is 1.82 bits per heavy atom. The van der Waals surface area contributed by atoms with Crippen LogP contribution < -0.4 is 10.6 Å². The SMILES string of the molecule is CCC(C)NC(=O)CCNC(C)C(OC)OC. The lowest BCUT2D eigenvalue weighted by atomic mass is 10.2. The third kappa shape index (κ3) is 7.31. The van der Waals surface area contributed by atoms with Crippen LogP contribution >= 0.6 is 0 Å². The molecule has 0 aromatic carbocycles. The molecule has 0 aliphatic carbocycles. The van der Waals surface area contributed by atoms with E-state index in [-0.39, 0.29) is 24.3 Å². The molecule has 0 aliphatic rings. The molecule has 0 bridgehead atoms. The minimum atomic E-state index is -0.285. The van der Waals surface area contributed by atoms with Gasteiger partial charge in [0.15, 0.2) is 6.29 Å². The van der Waals surface area contributed by atoms with Gasteiger partial charge in [0.1, 0.15) is 0 Å². The Labute approximate surface area is 104 Å². The van der Waals surface area contributed by atoms with E-state index < -0.39 is 0 Å². The summed E-state index contributed by atoms with van der Waals surface area (Å²) in [5.74, 6) is 0.0745. The largest absolute Gasteiger partial charge is 0.354 e. The summed E-state index contributed by atoms with van der Waals surface area (Å²) < 4.78 is 10.2. The Bertz CT molecular complexity index is 208. The normalized spacial score (nSPS) is 14.7. The van der Waals surface area contributed by atoms with Crippen molar-refractivity contribution in [3.63, 3.8) is 0 Å². The molecular weight excluding hydrogens is 220 g/mol. The molecule has 0 radical (unpaired) electrons. The van der Waals surface area contributed by atoms with Crippen LogP contribution in [0.2, 0.25) is 0 Å². The Kier molecular flexibility index (Phi) is 9.03. The van der Waals surface area contributed by atoms with Crippen molar-refractivity contribution < 1.29 is 14.3 Å². The fourth-order valence-corrected chi connectivity index (χ4v) is 1.46. The lowest BCUT2D eigenvalue weighted by Gasteiger charge is -2.22. The number of methoxy groups -OCH3 is 2. The Hall–Kier alpha value is -0.650. The maximum atomic E-state index is 11.5. The first-order valence-corrected chi connectivity index (χ1v) is 6.13. The monoisotopic (exact) mass is 246 g/mol. The first kappa shape index (κ1) is 16.4. The number of carbonyl (C=O) groups is 1. The summed E-state index contributed by atoms with van der Waals surface area (Å²) >= 11 is 0. The molecule has 2 unspecified atom stereocenters. The van der Waals surface area contributed by atoms with Gasteiger partial charge in [-0.25, -0.2) is 0 Å². The van der Waals surface area contributed by atoms with Crippen LogP contribution in [0.4, 0.5) is 0 Å². The number of hydrogen-bond donors (Lipinski definition) is 2. The van der Waals surface area contributed by atoms with E-state index in [0.29, 0.717) is 13.0 Å². The molecule has 0 heterocycles. The van der Waals surface area contributed by atoms with Gasteiger partial charge >= 0.3 is 0 Å². The van der Waals surface area contributed by atoms with Crippen molar-refractivity contribution in [3.8, 4) is 0 Å². The van der Waals surface area contributed by atoms with Gasteiger partial charge < -0.3 is 20.1 Å². The maximum absolute atomic E-state index is 11.5. The third-order valence-electron chi connectivity index (χ3n) is 2.71. The highest BCUT2D eigenvalue weighted by molar-refractivity contribution is 5.76. The van der Waals surface area contributed by atoms with Gasteiger partial charge in [0.05, 0.1) is 6.04 Å². The molecule has 0 aromatic heterocycles. The summed E-state index contributed by atoms with van der Waals surface area (Å²) in [5, 5.41) is 6.11. The molecule has 0 saturated carbocycles. The van der Waals surface area contributed by atoms with Crippen molar-refractivity contribution in [2.75, 3.05) is 20.8 Å². The molecule has 0 aliphatic heterocycles. The van der Waals surface area contributed by atoms with Crippen LogP contribution in [0.25, 0.3) is 0 Å². The van der Waals surface area contributed by atoms with Crippen molar-refractivity contribution >= 4 is 5.91 Å². The zero-order chi connectivity index (χ0) is 13.3. The highest BCUT2D eigenvalue weighted by Gasteiger charge is 2.15. The first-order valence-electron chi connectivity index (χ1n) is 6.13. The van der Waals surface area contributed by atoms with Gasteiger partial charge in [0.2, 0.25) is 5.91 Å². The van der Waals surface area contributed by atoms with Crippen molar-refractivity contribution in [3.05, 3.63) is 0 Å². The van der Waals surface area contributed by atoms with Crippen molar-refractivity contribution in [1.29, 1.82) is 0 Å². The average Bonchev–Trinajstić information content (AvgIpc) is 2.30. The van der Waals surface area contributed by atoms with Gasteiger partial charge in [0, 0.05) is 33.2 Å². The number of rotatable bonds is 9. The van der Waals surface area contributed by atoms with E-state index in [4.69, 9.17) is 9.47 Å². The molecule has 102 valence electrons. The first-order chi connectivity index (χ1) is 8.04. The van der Waals surface area contributed by atoms with E-state index in [1.54, 1.807) is 14.2 Å². The Morgan fingerprint density at radius 1 is 1.24 bits per heavy atom. The Balaban J connectivity index is 3.72. The van der Waals surface area contributed by atoms with E-state index in [2.05, 4.69) is 10.6 Å². The van der Waals surface area contributed by atoms with Crippen LogP contribution in [0.5, 0.6) is 0 Å². The fraction of sp³-hybridized carbons (Fsp3) is 0.917. The summed E-state index contributed by atoms with van der Waals surface area (Å²) in [5.41, 5.74) is 0. The topological polar surface area (TPSA) is 59.6 Å². The molecule has 5 heteroatoms. The van der Waals surface area contributed by atoms with Gasteiger partial charge in [-0.1, -0.05) is 6.92 Å². The van der Waals surface area contributed by atoms with E-state index in [0.717, 1.165) is 6.42 Å². The van der Waals surface area contributed by atoms with E-state index in [1.165, 1.54) is 0 Å². The van der Waals surface area contributed by atoms with Crippen LogP contribution in [0.1, 0.15) is 33.6 Å². The zero-order valence-corrected chi connectivity index (χ0v) is 11.6. The highest BCUT2D eigenvalue weighted by Crippen LogP contribution is 1.98. The fourth-order valence-electron chi connectivity index (χ4n) is 1.46. The summed E-state index contributed by atoms with van der Waals surface area (Å²) in [6.07, 6.45) is 1.13. The summed E-state index contributed by atoms with van der Waals surface area (Å²) in [6, 6.07) is 0.298. The average molecular weight is 246 g/mol. The molecule has 2 atom stereocenters. The lowest BCUT2D eigenvalue weighted by Crippen LogP contribution is -2.41. The van der Waals surface area contributed by atoms with Crippen molar-refractivity contribution in [1.82, 2.24) is 10.6 Å². The van der Waals surface area contributed by atoms with Crippen molar-refractivity contribution in [2.45, 2.75) is 52.0 Å². The van der Waals surface area contributed by atoms with Crippen LogP contribution in [0, 0.1) is 0 Å². The van der Waals surface area contributed by atoms with E-state index in [9.17, 15) is 4.79 Å². The minimum absolute atomic E-state index is 0.0569. The second-order valence-electron chi connectivity index (χ2n) is 4.21. The zero-order valence-electron chi connectivity index (χ0n) is 11.6. The Morgan fingerprint density at radius 3 is 2.29 bits per heavy atom. The van der Waals surface area contributed by atoms with Gasteiger partial charge in [-0.15, -0.1) is 0 Å². The number of carbonyl (C=O) groups excluding carboxylic acids is 1. The summed E-state index contributed by atoms with van der Waals surface area (Å²) in [6.45, 7) is 6.63. The third-order valence-corrected chi connectivity index (χ3v) is 2.71. The minimum Gasteiger partial charge on any atom is -0.354 e. The predicted octanol–water partition coefficient (Wildman–Crippen LogP) is 0.888.